The number of nitrogens with two attached hydrogens (primary N) is 3. The van der Waals surface area contributed by atoms with E-state index in [1.54, 1.807) is 6.07 Å². The van der Waals surface area contributed by atoms with Gasteiger partial charge in [-0.05, 0) is 24.3 Å². The van der Waals surface area contributed by atoms with Crippen LogP contribution in [0.3, 0.4) is 0 Å². The maximum Gasteiger partial charge on any atom is 0.223 e. The van der Waals surface area contributed by atoms with Crippen LogP contribution in [0.25, 0.3) is 22.4 Å². The van der Waals surface area contributed by atoms with Crippen molar-refractivity contribution in [1.82, 2.24) is 9.97 Å². The highest BCUT2D eigenvalue weighted by Crippen LogP contribution is 2.24. The zero-order valence-corrected chi connectivity index (χ0v) is 11.7. The number of fused-ring (bicyclic) bond motifs is 1. The fraction of sp³-hybridized carbons (Fsp3) is 0. The van der Waals surface area contributed by atoms with Crippen molar-refractivity contribution in [2.45, 2.75) is 0 Å². The minimum atomic E-state index is -0.130. The number of aliphatic imine (C=N–C) groups is 2. The minimum absolute atomic E-state index is 0.00163. The number of hydrogen-bond acceptors (Lipinski definition) is 2. The number of aromatic amines is 1. The molecule has 0 saturated heterocycles. The molecule has 0 amide bonds. The first-order valence-corrected chi connectivity index (χ1v) is 6.61. The summed E-state index contributed by atoms with van der Waals surface area (Å²) in [6.45, 7) is 0. The number of H-pyrrole nitrogens is 1. The van der Waals surface area contributed by atoms with E-state index in [4.69, 9.17) is 17.2 Å². The molecule has 3 aromatic rings. The summed E-state index contributed by atoms with van der Waals surface area (Å²) in [5, 5.41) is 0. The van der Waals surface area contributed by atoms with E-state index in [0.29, 0.717) is 5.69 Å². The average molecular weight is 293 g/mol. The van der Waals surface area contributed by atoms with Gasteiger partial charge in [-0.1, -0.05) is 24.3 Å². The molecule has 0 saturated carbocycles. The summed E-state index contributed by atoms with van der Waals surface area (Å²) >= 11 is 0. The molecule has 0 atom stereocenters. The van der Waals surface area contributed by atoms with E-state index in [1.165, 1.54) is 0 Å². The molecule has 0 bridgehead atoms. The topological polar surface area (TPSA) is 131 Å². The lowest BCUT2D eigenvalue weighted by Crippen LogP contribution is -2.26. The lowest BCUT2D eigenvalue weighted by atomic mass is 10.2. The molecule has 22 heavy (non-hydrogen) atoms. The van der Waals surface area contributed by atoms with Gasteiger partial charge in [0.25, 0.3) is 0 Å². The van der Waals surface area contributed by atoms with Crippen molar-refractivity contribution >= 4 is 28.6 Å². The largest absolute Gasteiger partial charge is 0.370 e. The number of aromatic nitrogens is 2. The molecular weight excluding hydrogens is 278 g/mol. The van der Waals surface area contributed by atoms with E-state index in [-0.39, 0.29) is 11.9 Å². The maximum absolute atomic E-state index is 5.64. The van der Waals surface area contributed by atoms with Crippen molar-refractivity contribution in [3.63, 3.8) is 0 Å². The van der Waals surface area contributed by atoms with Crippen molar-refractivity contribution in [3.8, 4) is 11.4 Å². The number of rotatable bonds is 2. The molecule has 7 N–H and O–H groups in total. The first-order chi connectivity index (χ1) is 10.6. The molecule has 7 heteroatoms. The highest BCUT2D eigenvalue weighted by molar-refractivity contribution is 5.93. The molecule has 0 unspecified atom stereocenters. The standard InChI is InChI=1S/C15H15N7/c16-14(17)22-15(18)19-10-5-3-4-9(8-10)13-20-11-6-1-2-7-12(11)21-13/h1-8H,(H,20,21)(H6,16,17,18,19,22). The van der Waals surface area contributed by atoms with Gasteiger partial charge in [-0.3, -0.25) is 0 Å². The summed E-state index contributed by atoms with van der Waals surface area (Å²) in [6, 6.07) is 15.3. The molecular formula is C15H15N7. The Morgan fingerprint density at radius 1 is 1.00 bits per heavy atom. The fourth-order valence-electron chi connectivity index (χ4n) is 2.10. The number of guanidine groups is 2. The predicted molar refractivity (Wildman–Crippen MR) is 88.6 cm³/mol. The highest BCUT2D eigenvalue weighted by Gasteiger charge is 2.05. The number of imidazole rings is 1. The molecule has 0 spiro atoms. The van der Waals surface area contributed by atoms with Crippen molar-refractivity contribution < 1.29 is 0 Å². The quantitative estimate of drug-likeness (QED) is 0.420. The summed E-state index contributed by atoms with van der Waals surface area (Å²) in [7, 11) is 0. The summed E-state index contributed by atoms with van der Waals surface area (Å²) in [6.07, 6.45) is 0. The summed E-state index contributed by atoms with van der Waals surface area (Å²) in [5.41, 5.74) is 19.6. The third-order valence-electron chi connectivity index (χ3n) is 3.00. The van der Waals surface area contributed by atoms with Gasteiger partial charge >= 0.3 is 0 Å². The molecule has 3 rings (SSSR count). The Morgan fingerprint density at radius 3 is 2.59 bits per heavy atom. The molecule has 7 nitrogen and oxygen atoms in total. The maximum atomic E-state index is 5.64. The van der Waals surface area contributed by atoms with E-state index < -0.39 is 0 Å². The van der Waals surface area contributed by atoms with Crippen molar-refractivity contribution in [3.05, 3.63) is 48.5 Å². The van der Waals surface area contributed by atoms with Crippen molar-refractivity contribution in [2.75, 3.05) is 0 Å². The van der Waals surface area contributed by atoms with Gasteiger partial charge < -0.3 is 22.2 Å². The summed E-state index contributed by atoms with van der Waals surface area (Å²) in [4.78, 5) is 15.6. The van der Waals surface area contributed by atoms with Crippen molar-refractivity contribution in [1.29, 1.82) is 0 Å². The molecule has 0 aliphatic heterocycles. The van der Waals surface area contributed by atoms with Crippen molar-refractivity contribution in [2.24, 2.45) is 27.2 Å². The lowest BCUT2D eigenvalue weighted by molar-refractivity contribution is 1.33. The zero-order valence-electron chi connectivity index (χ0n) is 11.7. The molecule has 0 radical (unpaired) electrons. The average Bonchev–Trinajstić information content (AvgIpc) is 2.90. The molecule has 0 aliphatic carbocycles. The SMILES string of the molecule is NC(N)=NC(N)=Nc1cccc(-c2nc3ccccc3[nH]2)c1. The van der Waals surface area contributed by atoms with Gasteiger partial charge in [0, 0.05) is 5.56 Å². The highest BCUT2D eigenvalue weighted by atomic mass is 15.1. The smallest absolute Gasteiger partial charge is 0.223 e. The Balaban J connectivity index is 1.99. The van der Waals surface area contributed by atoms with E-state index in [1.807, 2.05) is 42.5 Å². The number of nitrogens with one attached hydrogen (secondary N) is 1. The molecule has 110 valence electrons. The van der Waals surface area contributed by atoms with Gasteiger partial charge in [0.2, 0.25) is 5.96 Å². The van der Waals surface area contributed by atoms with Crippen LogP contribution in [0.5, 0.6) is 0 Å². The van der Waals surface area contributed by atoms with Crippen LogP contribution in [0.15, 0.2) is 58.5 Å². The van der Waals surface area contributed by atoms with Gasteiger partial charge in [-0.25, -0.2) is 9.98 Å². The van der Waals surface area contributed by atoms with Crippen LogP contribution in [-0.2, 0) is 0 Å². The Hall–Kier alpha value is -3.35. The number of nitrogens with zero attached hydrogens (tertiary/aromatic N) is 3. The number of benzene rings is 2. The van der Waals surface area contributed by atoms with E-state index >= 15 is 0 Å². The van der Waals surface area contributed by atoms with Crippen LogP contribution in [0.4, 0.5) is 5.69 Å². The predicted octanol–water partition coefficient (Wildman–Crippen LogP) is 1.45. The van der Waals surface area contributed by atoms with Crippen LogP contribution in [0.1, 0.15) is 0 Å². The second kappa shape index (κ2) is 5.57. The Labute approximate surface area is 126 Å². The first-order valence-electron chi connectivity index (χ1n) is 6.61. The van der Waals surface area contributed by atoms with E-state index in [9.17, 15) is 0 Å². The Morgan fingerprint density at radius 2 is 1.82 bits per heavy atom. The van der Waals surface area contributed by atoms with Crippen LogP contribution < -0.4 is 17.2 Å². The Bertz CT molecular complexity index is 839. The minimum Gasteiger partial charge on any atom is -0.370 e. The van der Waals surface area contributed by atoms with Crippen LogP contribution in [0.2, 0.25) is 0 Å². The molecule has 0 fully saturated rings. The van der Waals surface area contributed by atoms with E-state index in [2.05, 4.69) is 20.0 Å². The van der Waals surface area contributed by atoms with Crippen LogP contribution in [-0.4, -0.2) is 21.9 Å². The third kappa shape index (κ3) is 2.88. The second-order valence-electron chi connectivity index (χ2n) is 4.66. The van der Waals surface area contributed by atoms with Gasteiger partial charge in [0.15, 0.2) is 5.96 Å². The van der Waals surface area contributed by atoms with Crippen LogP contribution >= 0.6 is 0 Å². The third-order valence-corrected chi connectivity index (χ3v) is 3.00. The fourth-order valence-corrected chi connectivity index (χ4v) is 2.10. The zero-order chi connectivity index (χ0) is 15.5. The summed E-state index contributed by atoms with van der Waals surface area (Å²) in [5.74, 6) is 0.634. The lowest BCUT2D eigenvalue weighted by Gasteiger charge is -1.99. The van der Waals surface area contributed by atoms with Gasteiger partial charge in [-0.2, -0.15) is 4.99 Å². The summed E-state index contributed by atoms with van der Waals surface area (Å²) < 4.78 is 0. The van der Waals surface area contributed by atoms with Gasteiger partial charge in [0.05, 0.1) is 16.7 Å². The number of para-hydroxylation sites is 2. The van der Waals surface area contributed by atoms with E-state index in [0.717, 1.165) is 22.4 Å². The monoisotopic (exact) mass is 293 g/mol. The molecule has 0 aliphatic rings. The second-order valence-corrected chi connectivity index (χ2v) is 4.66. The van der Waals surface area contributed by atoms with Gasteiger partial charge in [0.1, 0.15) is 5.82 Å². The number of hydrogen-bond donors (Lipinski definition) is 4. The molecule has 2 aromatic carbocycles. The first kappa shape index (κ1) is 13.6. The van der Waals surface area contributed by atoms with Crippen LogP contribution in [0, 0.1) is 0 Å². The normalized spacial score (nSPS) is 11.5. The Kier molecular flexibility index (Phi) is 3.45. The molecule has 1 heterocycles. The molecule has 1 aromatic heterocycles. The van der Waals surface area contributed by atoms with Gasteiger partial charge in [-0.15, -0.1) is 0 Å².